The number of carbonyl (C=O) groups is 1. The number of hydrogen-bond donors (Lipinski definition) is 2. The third-order valence-corrected chi connectivity index (χ3v) is 2.84. The van der Waals surface area contributed by atoms with Crippen molar-refractivity contribution in [1.29, 1.82) is 0 Å². The van der Waals surface area contributed by atoms with E-state index in [0.717, 1.165) is 0 Å². The number of morpholine rings is 1. The number of anilines is 1. The van der Waals surface area contributed by atoms with E-state index in [9.17, 15) is 4.79 Å². The molecule has 0 spiro atoms. The molecule has 0 radical (unpaired) electrons. The second kappa shape index (κ2) is 5.35. The zero-order valence-electron chi connectivity index (χ0n) is 9.28. The van der Waals surface area contributed by atoms with Gasteiger partial charge in [0.15, 0.2) is 0 Å². The van der Waals surface area contributed by atoms with Crippen LogP contribution >= 0.6 is 11.6 Å². The number of hydrazine groups is 1. The van der Waals surface area contributed by atoms with Crippen LogP contribution in [0.1, 0.15) is 10.4 Å². The van der Waals surface area contributed by atoms with Crippen molar-refractivity contribution in [2.75, 3.05) is 32.0 Å². The number of carbonyl (C=O) groups excluding carboxylic acids is 1. The topological polar surface area (TPSA) is 67.6 Å². The molecule has 1 aromatic carbocycles. The van der Waals surface area contributed by atoms with E-state index >= 15 is 0 Å². The Morgan fingerprint density at radius 1 is 1.41 bits per heavy atom. The number of nitrogen functional groups attached to an aromatic ring is 1. The Hall–Kier alpha value is -1.30. The van der Waals surface area contributed by atoms with Crippen molar-refractivity contribution in [2.45, 2.75) is 0 Å². The summed E-state index contributed by atoms with van der Waals surface area (Å²) >= 11 is 5.95. The Bertz CT molecular complexity index is 419. The lowest BCUT2D eigenvalue weighted by atomic mass is 10.2. The Morgan fingerprint density at radius 2 is 2.12 bits per heavy atom. The molecular formula is C11H14ClN3O2. The molecule has 0 bridgehead atoms. The monoisotopic (exact) mass is 255 g/mol. The number of nitrogens with one attached hydrogen (secondary N) is 1. The van der Waals surface area contributed by atoms with Crippen LogP contribution in [0.2, 0.25) is 5.02 Å². The third-order valence-electron chi connectivity index (χ3n) is 2.51. The molecule has 0 aromatic heterocycles. The largest absolute Gasteiger partial charge is 0.399 e. The molecule has 0 aliphatic carbocycles. The first-order valence-electron chi connectivity index (χ1n) is 5.35. The average molecular weight is 256 g/mol. The molecule has 1 fully saturated rings. The highest BCUT2D eigenvalue weighted by atomic mass is 35.5. The van der Waals surface area contributed by atoms with Gasteiger partial charge in [0.25, 0.3) is 5.91 Å². The number of ether oxygens (including phenoxy) is 1. The van der Waals surface area contributed by atoms with Crippen LogP contribution < -0.4 is 11.2 Å². The number of benzene rings is 1. The lowest BCUT2D eigenvalue weighted by molar-refractivity contribution is 0.0126. The summed E-state index contributed by atoms with van der Waals surface area (Å²) < 4.78 is 5.19. The van der Waals surface area contributed by atoms with Crippen LogP contribution in [-0.2, 0) is 4.74 Å². The molecular weight excluding hydrogens is 242 g/mol. The van der Waals surface area contributed by atoms with Gasteiger partial charge in [-0.15, -0.1) is 0 Å². The van der Waals surface area contributed by atoms with Crippen molar-refractivity contribution < 1.29 is 9.53 Å². The Balaban J connectivity index is 2.05. The predicted octanol–water partition coefficient (Wildman–Crippen LogP) is 0.899. The van der Waals surface area contributed by atoms with Crippen LogP contribution in [0, 0.1) is 0 Å². The second-order valence-electron chi connectivity index (χ2n) is 3.78. The Labute approximate surface area is 104 Å². The maximum Gasteiger partial charge on any atom is 0.267 e. The first-order chi connectivity index (χ1) is 8.16. The van der Waals surface area contributed by atoms with Gasteiger partial charge in [-0.3, -0.25) is 10.2 Å². The molecule has 0 unspecified atom stereocenters. The van der Waals surface area contributed by atoms with Crippen molar-refractivity contribution in [1.82, 2.24) is 10.4 Å². The normalized spacial score (nSPS) is 16.8. The number of nitrogens with two attached hydrogens (primary N) is 1. The molecule has 17 heavy (non-hydrogen) atoms. The minimum atomic E-state index is -0.246. The summed E-state index contributed by atoms with van der Waals surface area (Å²) in [7, 11) is 0. The minimum Gasteiger partial charge on any atom is -0.399 e. The van der Waals surface area contributed by atoms with Crippen LogP contribution in [0.4, 0.5) is 5.69 Å². The summed E-state index contributed by atoms with van der Waals surface area (Å²) in [6, 6.07) is 4.84. The van der Waals surface area contributed by atoms with Gasteiger partial charge in [-0.2, -0.15) is 0 Å². The zero-order valence-corrected chi connectivity index (χ0v) is 10.0. The average Bonchev–Trinajstić information content (AvgIpc) is 2.33. The van der Waals surface area contributed by atoms with Gasteiger partial charge in [-0.05, 0) is 18.2 Å². The first-order valence-corrected chi connectivity index (χ1v) is 5.73. The molecule has 1 aromatic rings. The highest BCUT2D eigenvalue weighted by Gasteiger charge is 2.16. The summed E-state index contributed by atoms with van der Waals surface area (Å²) in [5.41, 5.74) is 9.31. The fraction of sp³-hybridized carbons (Fsp3) is 0.364. The molecule has 1 saturated heterocycles. The molecule has 0 saturated carbocycles. The van der Waals surface area contributed by atoms with E-state index in [-0.39, 0.29) is 5.91 Å². The smallest absolute Gasteiger partial charge is 0.267 e. The molecule has 92 valence electrons. The van der Waals surface area contributed by atoms with E-state index in [1.165, 1.54) is 0 Å². The van der Waals surface area contributed by atoms with E-state index in [1.807, 2.05) is 5.01 Å². The van der Waals surface area contributed by atoms with Crippen LogP contribution in [0.15, 0.2) is 18.2 Å². The minimum absolute atomic E-state index is 0.246. The lowest BCUT2D eigenvalue weighted by Crippen LogP contribution is -2.48. The summed E-state index contributed by atoms with van der Waals surface area (Å²) in [6.45, 7) is 2.58. The molecule has 1 aliphatic heterocycles. The van der Waals surface area contributed by atoms with Gasteiger partial charge in [-0.25, -0.2) is 5.01 Å². The van der Waals surface area contributed by atoms with Crippen molar-refractivity contribution in [3.63, 3.8) is 0 Å². The number of hydrogen-bond acceptors (Lipinski definition) is 4. The van der Waals surface area contributed by atoms with Crippen LogP contribution in [0.3, 0.4) is 0 Å². The van der Waals surface area contributed by atoms with Gasteiger partial charge in [0.2, 0.25) is 0 Å². The van der Waals surface area contributed by atoms with Crippen LogP contribution in [0.25, 0.3) is 0 Å². The summed E-state index contributed by atoms with van der Waals surface area (Å²) in [4.78, 5) is 12.0. The molecule has 3 N–H and O–H groups in total. The first kappa shape index (κ1) is 12.2. The van der Waals surface area contributed by atoms with Gasteiger partial charge < -0.3 is 10.5 Å². The number of nitrogens with zero attached hydrogens (tertiary/aromatic N) is 1. The van der Waals surface area contributed by atoms with Crippen molar-refractivity contribution in [3.05, 3.63) is 28.8 Å². The highest BCUT2D eigenvalue weighted by molar-refractivity contribution is 6.33. The molecule has 0 atom stereocenters. The fourth-order valence-corrected chi connectivity index (χ4v) is 1.80. The number of rotatable bonds is 2. The van der Waals surface area contributed by atoms with E-state index < -0.39 is 0 Å². The van der Waals surface area contributed by atoms with Gasteiger partial charge in [0.1, 0.15) is 0 Å². The van der Waals surface area contributed by atoms with Crippen LogP contribution in [0.5, 0.6) is 0 Å². The number of amides is 1. The molecule has 6 heteroatoms. The Morgan fingerprint density at radius 3 is 2.82 bits per heavy atom. The molecule has 5 nitrogen and oxygen atoms in total. The summed E-state index contributed by atoms with van der Waals surface area (Å²) in [5.74, 6) is -0.246. The van der Waals surface area contributed by atoms with E-state index in [2.05, 4.69) is 5.43 Å². The van der Waals surface area contributed by atoms with Gasteiger partial charge >= 0.3 is 0 Å². The quantitative estimate of drug-likeness (QED) is 0.771. The van der Waals surface area contributed by atoms with Crippen molar-refractivity contribution in [2.24, 2.45) is 0 Å². The van der Waals surface area contributed by atoms with Crippen molar-refractivity contribution in [3.8, 4) is 0 Å². The molecule has 1 amide bonds. The van der Waals surface area contributed by atoms with E-state index in [0.29, 0.717) is 42.6 Å². The maximum atomic E-state index is 12.0. The molecule has 2 rings (SSSR count). The van der Waals surface area contributed by atoms with Gasteiger partial charge in [0.05, 0.1) is 23.8 Å². The van der Waals surface area contributed by atoms with Gasteiger partial charge in [-0.1, -0.05) is 11.6 Å². The summed E-state index contributed by atoms with van der Waals surface area (Å²) in [5, 5.41) is 2.20. The van der Waals surface area contributed by atoms with Crippen LogP contribution in [-0.4, -0.2) is 37.2 Å². The maximum absolute atomic E-state index is 12.0. The van der Waals surface area contributed by atoms with E-state index in [4.69, 9.17) is 22.1 Å². The fourth-order valence-electron chi connectivity index (χ4n) is 1.60. The number of halogens is 1. The zero-order chi connectivity index (χ0) is 12.3. The van der Waals surface area contributed by atoms with Gasteiger partial charge in [0, 0.05) is 18.8 Å². The van der Waals surface area contributed by atoms with E-state index in [1.54, 1.807) is 18.2 Å². The Kier molecular flexibility index (Phi) is 3.83. The highest BCUT2D eigenvalue weighted by Crippen LogP contribution is 2.18. The predicted molar refractivity (Wildman–Crippen MR) is 65.7 cm³/mol. The summed E-state index contributed by atoms with van der Waals surface area (Å²) in [6.07, 6.45) is 0. The standard InChI is InChI=1S/C11H14ClN3O2/c12-10-2-1-8(13)7-9(10)11(16)14-15-3-5-17-6-4-15/h1-2,7H,3-6,13H2,(H,14,16). The molecule has 1 heterocycles. The SMILES string of the molecule is Nc1ccc(Cl)c(C(=O)NN2CCOCC2)c1. The molecule has 1 aliphatic rings. The second-order valence-corrected chi connectivity index (χ2v) is 4.19. The van der Waals surface area contributed by atoms with Crippen molar-refractivity contribution >= 4 is 23.2 Å². The lowest BCUT2D eigenvalue weighted by Gasteiger charge is -2.27. The third kappa shape index (κ3) is 3.09.